The summed E-state index contributed by atoms with van der Waals surface area (Å²) in [6.45, 7) is 9.48. The Hall–Kier alpha value is -0.930. The molecule has 1 aromatic rings. The number of rotatable bonds is 6. The lowest BCUT2D eigenvalue weighted by molar-refractivity contribution is 0.190. The molecular formula is C16H27N3. The molecule has 1 aromatic heterocycles. The van der Waals surface area contributed by atoms with E-state index in [1.165, 1.54) is 44.5 Å². The fourth-order valence-electron chi connectivity index (χ4n) is 2.66. The van der Waals surface area contributed by atoms with Gasteiger partial charge in [0.15, 0.2) is 0 Å². The van der Waals surface area contributed by atoms with Gasteiger partial charge in [-0.05, 0) is 69.9 Å². The van der Waals surface area contributed by atoms with Gasteiger partial charge in [-0.15, -0.1) is 0 Å². The summed E-state index contributed by atoms with van der Waals surface area (Å²) < 4.78 is 0. The van der Waals surface area contributed by atoms with Gasteiger partial charge in [0.25, 0.3) is 0 Å². The molecule has 0 spiro atoms. The van der Waals surface area contributed by atoms with Crippen molar-refractivity contribution in [2.45, 2.75) is 39.2 Å². The maximum Gasteiger partial charge on any atom is 0.0315 e. The van der Waals surface area contributed by atoms with Crippen LogP contribution in [0.15, 0.2) is 24.5 Å². The molecule has 0 aromatic carbocycles. The monoisotopic (exact) mass is 261 g/mol. The lowest BCUT2D eigenvalue weighted by Gasteiger charge is -2.30. The Bertz CT molecular complexity index is 344. The number of aromatic nitrogens is 1. The molecule has 0 aliphatic carbocycles. The highest BCUT2D eigenvalue weighted by atomic mass is 15.1. The van der Waals surface area contributed by atoms with E-state index in [4.69, 9.17) is 0 Å². The summed E-state index contributed by atoms with van der Waals surface area (Å²) in [5, 5.41) is 3.58. The number of piperidine rings is 1. The number of pyridine rings is 1. The number of likely N-dealkylation sites (tertiary alicyclic amines) is 1. The second-order valence-corrected chi connectivity index (χ2v) is 5.84. The van der Waals surface area contributed by atoms with Gasteiger partial charge in [-0.3, -0.25) is 4.98 Å². The van der Waals surface area contributed by atoms with Crippen molar-refractivity contribution < 1.29 is 0 Å². The standard InChI is InChI=1S/C16H27N3/c1-14-6-11-19(12-7-14)10-4-9-18-15(2)16-5-3-8-17-13-16/h3,5,8,13-15,18H,4,6-7,9-12H2,1-2H3. The molecule has 0 saturated carbocycles. The Morgan fingerprint density at radius 2 is 2.21 bits per heavy atom. The van der Waals surface area contributed by atoms with Gasteiger partial charge in [0.2, 0.25) is 0 Å². The smallest absolute Gasteiger partial charge is 0.0315 e. The average Bonchev–Trinajstić information content (AvgIpc) is 2.46. The van der Waals surface area contributed by atoms with Crippen LogP contribution >= 0.6 is 0 Å². The second-order valence-electron chi connectivity index (χ2n) is 5.84. The fourth-order valence-corrected chi connectivity index (χ4v) is 2.66. The summed E-state index contributed by atoms with van der Waals surface area (Å²) in [6.07, 6.45) is 7.76. The highest BCUT2D eigenvalue weighted by Gasteiger charge is 2.14. The lowest BCUT2D eigenvalue weighted by Crippen LogP contribution is -2.35. The Morgan fingerprint density at radius 1 is 1.42 bits per heavy atom. The maximum absolute atomic E-state index is 4.17. The first-order valence-corrected chi connectivity index (χ1v) is 7.61. The van der Waals surface area contributed by atoms with E-state index in [9.17, 15) is 0 Å². The minimum Gasteiger partial charge on any atom is -0.310 e. The van der Waals surface area contributed by atoms with Crippen molar-refractivity contribution in [3.63, 3.8) is 0 Å². The van der Waals surface area contributed by atoms with E-state index in [0.717, 1.165) is 12.5 Å². The molecule has 0 radical (unpaired) electrons. The van der Waals surface area contributed by atoms with E-state index in [0.29, 0.717) is 6.04 Å². The van der Waals surface area contributed by atoms with E-state index >= 15 is 0 Å². The largest absolute Gasteiger partial charge is 0.310 e. The van der Waals surface area contributed by atoms with Crippen molar-refractivity contribution in [2.75, 3.05) is 26.2 Å². The fraction of sp³-hybridized carbons (Fsp3) is 0.688. The molecular weight excluding hydrogens is 234 g/mol. The summed E-state index contributed by atoms with van der Waals surface area (Å²) in [6, 6.07) is 4.54. The van der Waals surface area contributed by atoms with Gasteiger partial charge in [0.1, 0.15) is 0 Å². The highest BCUT2D eigenvalue weighted by Crippen LogP contribution is 2.16. The molecule has 1 N–H and O–H groups in total. The van der Waals surface area contributed by atoms with Crippen LogP contribution in [0, 0.1) is 5.92 Å². The molecule has 0 bridgehead atoms. The van der Waals surface area contributed by atoms with E-state index in [1.54, 1.807) is 0 Å². The van der Waals surface area contributed by atoms with Crippen molar-refractivity contribution in [1.29, 1.82) is 0 Å². The normalized spacial score (nSPS) is 19.5. The van der Waals surface area contributed by atoms with E-state index in [-0.39, 0.29) is 0 Å². The van der Waals surface area contributed by atoms with Crippen molar-refractivity contribution in [2.24, 2.45) is 5.92 Å². The Balaban J connectivity index is 1.59. The summed E-state index contributed by atoms with van der Waals surface area (Å²) in [4.78, 5) is 6.77. The third-order valence-electron chi connectivity index (χ3n) is 4.16. The zero-order valence-corrected chi connectivity index (χ0v) is 12.3. The molecule has 1 unspecified atom stereocenters. The van der Waals surface area contributed by atoms with Crippen molar-refractivity contribution in [3.8, 4) is 0 Å². The lowest BCUT2D eigenvalue weighted by atomic mass is 9.99. The molecule has 0 amide bonds. The van der Waals surface area contributed by atoms with Gasteiger partial charge < -0.3 is 10.2 Å². The molecule has 1 aliphatic heterocycles. The van der Waals surface area contributed by atoms with Crippen LogP contribution in [-0.4, -0.2) is 36.1 Å². The molecule has 1 fully saturated rings. The van der Waals surface area contributed by atoms with Crippen LogP contribution in [0.2, 0.25) is 0 Å². The summed E-state index contributed by atoms with van der Waals surface area (Å²) >= 11 is 0. The minimum atomic E-state index is 0.398. The highest BCUT2D eigenvalue weighted by molar-refractivity contribution is 5.12. The van der Waals surface area contributed by atoms with Crippen LogP contribution in [0.4, 0.5) is 0 Å². The minimum absolute atomic E-state index is 0.398. The first-order valence-electron chi connectivity index (χ1n) is 7.61. The van der Waals surface area contributed by atoms with Gasteiger partial charge in [-0.2, -0.15) is 0 Å². The van der Waals surface area contributed by atoms with Crippen LogP contribution in [0.3, 0.4) is 0 Å². The predicted molar refractivity (Wildman–Crippen MR) is 80.1 cm³/mol. The van der Waals surface area contributed by atoms with Crippen LogP contribution in [0.5, 0.6) is 0 Å². The van der Waals surface area contributed by atoms with Crippen molar-refractivity contribution >= 4 is 0 Å². The number of nitrogens with zero attached hydrogens (tertiary/aromatic N) is 2. The van der Waals surface area contributed by atoms with Gasteiger partial charge >= 0.3 is 0 Å². The SMILES string of the molecule is CC1CCN(CCCNC(C)c2cccnc2)CC1. The Morgan fingerprint density at radius 3 is 2.89 bits per heavy atom. The Labute approximate surface area is 117 Å². The van der Waals surface area contributed by atoms with Crippen LogP contribution in [-0.2, 0) is 0 Å². The van der Waals surface area contributed by atoms with E-state index < -0.39 is 0 Å². The van der Waals surface area contributed by atoms with Gasteiger partial charge in [-0.1, -0.05) is 13.0 Å². The maximum atomic E-state index is 4.17. The number of hydrogen-bond donors (Lipinski definition) is 1. The molecule has 19 heavy (non-hydrogen) atoms. The second kappa shape index (κ2) is 7.61. The zero-order valence-electron chi connectivity index (χ0n) is 12.3. The number of nitrogens with one attached hydrogen (secondary N) is 1. The predicted octanol–water partition coefficient (Wildman–Crippen LogP) is 2.85. The first kappa shape index (κ1) is 14.5. The van der Waals surface area contributed by atoms with Crippen LogP contribution < -0.4 is 5.32 Å². The quantitative estimate of drug-likeness (QED) is 0.798. The average molecular weight is 261 g/mol. The van der Waals surface area contributed by atoms with E-state index in [2.05, 4.69) is 35.1 Å². The molecule has 3 nitrogen and oxygen atoms in total. The molecule has 2 heterocycles. The molecule has 2 rings (SSSR count). The van der Waals surface area contributed by atoms with Crippen molar-refractivity contribution in [1.82, 2.24) is 15.2 Å². The molecule has 1 saturated heterocycles. The van der Waals surface area contributed by atoms with Crippen LogP contribution in [0.1, 0.15) is 44.7 Å². The third-order valence-corrected chi connectivity index (χ3v) is 4.16. The molecule has 1 atom stereocenters. The first-order chi connectivity index (χ1) is 9.25. The van der Waals surface area contributed by atoms with Gasteiger partial charge in [0.05, 0.1) is 0 Å². The third kappa shape index (κ3) is 4.92. The van der Waals surface area contributed by atoms with Crippen molar-refractivity contribution in [3.05, 3.63) is 30.1 Å². The summed E-state index contributed by atoms with van der Waals surface area (Å²) in [5.41, 5.74) is 1.27. The summed E-state index contributed by atoms with van der Waals surface area (Å²) in [5.74, 6) is 0.931. The van der Waals surface area contributed by atoms with Gasteiger partial charge in [-0.25, -0.2) is 0 Å². The van der Waals surface area contributed by atoms with E-state index in [1.807, 2.05) is 18.5 Å². The molecule has 1 aliphatic rings. The zero-order chi connectivity index (χ0) is 13.5. The van der Waals surface area contributed by atoms with Gasteiger partial charge in [0, 0.05) is 18.4 Å². The van der Waals surface area contributed by atoms with Crippen LogP contribution in [0.25, 0.3) is 0 Å². The number of hydrogen-bond acceptors (Lipinski definition) is 3. The topological polar surface area (TPSA) is 28.2 Å². The Kier molecular flexibility index (Phi) is 5.80. The summed E-state index contributed by atoms with van der Waals surface area (Å²) in [7, 11) is 0. The molecule has 106 valence electrons. The molecule has 3 heteroatoms.